The highest BCUT2D eigenvalue weighted by Crippen LogP contribution is 2.22. The predicted octanol–water partition coefficient (Wildman–Crippen LogP) is 2.50. The van der Waals surface area contributed by atoms with Gasteiger partial charge in [0.05, 0.1) is 18.0 Å². The highest BCUT2D eigenvalue weighted by Gasteiger charge is 2.23. The minimum atomic E-state index is -3.50. The largest absolute Gasteiger partial charge is 0.303 e. The van der Waals surface area contributed by atoms with Gasteiger partial charge in [-0.3, -0.25) is 14.5 Å². The summed E-state index contributed by atoms with van der Waals surface area (Å²) in [7, 11) is -3.50. The third-order valence-corrected chi connectivity index (χ3v) is 7.19. The molecule has 1 heterocycles. The second-order valence-electron chi connectivity index (χ2n) is 7.58. The van der Waals surface area contributed by atoms with Crippen LogP contribution in [0.2, 0.25) is 0 Å². The van der Waals surface area contributed by atoms with E-state index in [4.69, 9.17) is 5.84 Å². The van der Waals surface area contributed by atoms with Crippen LogP contribution in [0, 0.1) is 0 Å². The molecule has 2 aromatic rings. The topological polar surface area (TPSA) is 95.7 Å². The van der Waals surface area contributed by atoms with Crippen LogP contribution in [0.25, 0.3) is 0 Å². The second-order valence-corrected chi connectivity index (χ2v) is 9.60. The number of hydrogen-bond acceptors (Lipinski definition) is 5. The van der Waals surface area contributed by atoms with E-state index in [0.717, 1.165) is 25.2 Å². The molecular formula is C22H30N4O3S. The van der Waals surface area contributed by atoms with Crippen LogP contribution in [0.15, 0.2) is 54.6 Å². The SMILES string of the molecule is NNC(=O)c1ccc(CN(c2ccccc2)S(=O)(=O)CCCN2CCCCC2)cc1. The van der Waals surface area contributed by atoms with E-state index in [2.05, 4.69) is 10.3 Å². The Kier molecular flexibility index (Phi) is 7.84. The molecule has 1 fully saturated rings. The van der Waals surface area contributed by atoms with Crippen LogP contribution >= 0.6 is 0 Å². The third kappa shape index (κ3) is 6.04. The van der Waals surface area contributed by atoms with Crippen LogP contribution in [-0.2, 0) is 16.6 Å². The van der Waals surface area contributed by atoms with Crippen molar-refractivity contribution in [2.45, 2.75) is 32.2 Å². The number of piperidine rings is 1. The summed E-state index contributed by atoms with van der Waals surface area (Å²) in [6, 6.07) is 15.9. The van der Waals surface area contributed by atoms with Crippen LogP contribution < -0.4 is 15.6 Å². The van der Waals surface area contributed by atoms with Gasteiger partial charge in [-0.25, -0.2) is 14.3 Å². The molecule has 1 aliphatic rings. The van der Waals surface area contributed by atoms with Gasteiger partial charge in [-0.1, -0.05) is 36.8 Å². The van der Waals surface area contributed by atoms with E-state index in [9.17, 15) is 13.2 Å². The summed E-state index contributed by atoms with van der Waals surface area (Å²) in [6.07, 6.45) is 4.27. The van der Waals surface area contributed by atoms with Crippen LogP contribution in [-0.4, -0.2) is 44.6 Å². The zero-order chi connectivity index (χ0) is 21.4. The van der Waals surface area contributed by atoms with Crippen molar-refractivity contribution in [2.75, 3.05) is 29.7 Å². The first-order valence-corrected chi connectivity index (χ1v) is 12.0. The fraction of sp³-hybridized carbons (Fsp3) is 0.409. The monoisotopic (exact) mass is 430 g/mol. The lowest BCUT2D eigenvalue weighted by atomic mass is 10.1. The number of nitrogens with zero attached hydrogens (tertiary/aromatic N) is 2. The minimum absolute atomic E-state index is 0.103. The number of nitrogens with one attached hydrogen (secondary N) is 1. The standard InChI is InChI=1S/C22H30N4O3S/c23-24-22(27)20-12-10-19(11-13-20)18-26(21-8-3-1-4-9-21)30(28,29)17-7-16-25-14-5-2-6-15-25/h1,3-4,8-13H,2,5-7,14-18,23H2,(H,24,27). The molecule has 3 rings (SSSR count). The van der Waals surface area contributed by atoms with Crippen LogP contribution in [0.1, 0.15) is 41.6 Å². The van der Waals surface area contributed by atoms with Gasteiger partial charge in [-0.2, -0.15) is 0 Å². The van der Waals surface area contributed by atoms with Crippen molar-refractivity contribution in [3.63, 3.8) is 0 Å². The smallest absolute Gasteiger partial charge is 0.265 e. The Bertz CT molecular complexity index is 911. The average Bonchev–Trinajstić information content (AvgIpc) is 2.78. The Morgan fingerprint density at radius 2 is 1.67 bits per heavy atom. The number of sulfonamides is 1. The molecule has 0 radical (unpaired) electrons. The number of amides is 1. The van der Waals surface area contributed by atoms with E-state index in [-0.39, 0.29) is 18.2 Å². The molecule has 162 valence electrons. The molecule has 7 nitrogen and oxygen atoms in total. The van der Waals surface area contributed by atoms with E-state index in [1.165, 1.54) is 23.6 Å². The van der Waals surface area contributed by atoms with Crippen molar-refractivity contribution in [1.29, 1.82) is 0 Å². The first-order valence-electron chi connectivity index (χ1n) is 10.4. The molecule has 0 saturated carbocycles. The van der Waals surface area contributed by atoms with Crippen molar-refractivity contribution in [2.24, 2.45) is 5.84 Å². The molecule has 0 atom stereocenters. The normalized spacial score (nSPS) is 15.0. The number of anilines is 1. The fourth-order valence-corrected chi connectivity index (χ4v) is 5.22. The van der Waals surface area contributed by atoms with Gasteiger partial charge in [-0.15, -0.1) is 0 Å². The maximum atomic E-state index is 13.2. The number of carbonyl (C=O) groups is 1. The molecule has 8 heteroatoms. The number of nitrogens with two attached hydrogens (primary N) is 1. The van der Waals surface area contributed by atoms with Crippen LogP contribution in [0.3, 0.4) is 0 Å². The fourth-order valence-electron chi connectivity index (χ4n) is 3.72. The summed E-state index contributed by atoms with van der Waals surface area (Å²) in [6.45, 7) is 3.14. The lowest BCUT2D eigenvalue weighted by Gasteiger charge is -2.28. The van der Waals surface area contributed by atoms with Crippen molar-refractivity contribution in [3.8, 4) is 0 Å². The first-order chi connectivity index (χ1) is 14.5. The molecule has 3 N–H and O–H groups in total. The summed E-state index contributed by atoms with van der Waals surface area (Å²) in [5.74, 6) is 4.89. The number of nitrogen functional groups attached to an aromatic ring is 1. The van der Waals surface area contributed by atoms with E-state index in [1.54, 1.807) is 36.4 Å². The van der Waals surface area contributed by atoms with Crippen LogP contribution in [0.5, 0.6) is 0 Å². The maximum absolute atomic E-state index is 13.2. The molecule has 30 heavy (non-hydrogen) atoms. The van der Waals surface area contributed by atoms with Gasteiger partial charge in [0.25, 0.3) is 5.91 Å². The summed E-state index contributed by atoms with van der Waals surface area (Å²) in [4.78, 5) is 14.0. The lowest BCUT2D eigenvalue weighted by molar-refractivity contribution is 0.0953. The number of hydrazine groups is 1. The molecule has 1 aliphatic heterocycles. The van der Waals surface area contributed by atoms with E-state index in [0.29, 0.717) is 17.7 Å². The molecule has 0 aromatic heterocycles. The molecule has 0 unspecified atom stereocenters. The number of carbonyl (C=O) groups excluding carboxylic acids is 1. The Hall–Kier alpha value is -2.42. The van der Waals surface area contributed by atoms with Gasteiger partial charge in [-0.05, 0) is 68.7 Å². The molecule has 1 saturated heterocycles. The summed E-state index contributed by atoms with van der Waals surface area (Å²) in [5, 5.41) is 0. The van der Waals surface area contributed by atoms with Gasteiger partial charge < -0.3 is 4.90 Å². The summed E-state index contributed by atoms with van der Waals surface area (Å²) >= 11 is 0. The van der Waals surface area contributed by atoms with Gasteiger partial charge in [0, 0.05) is 5.56 Å². The zero-order valence-corrected chi connectivity index (χ0v) is 18.0. The zero-order valence-electron chi connectivity index (χ0n) is 17.2. The minimum Gasteiger partial charge on any atom is -0.303 e. The third-order valence-electron chi connectivity index (χ3n) is 5.38. The number of hydrogen-bond donors (Lipinski definition) is 2. The molecule has 1 amide bonds. The summed E-state index contributed by atoms with van der Waals surface area (Å²) in [5.41, 5.74) is 3.96. The van der Waals surface area contributed by atoms with Crippen LogP contribution in [0.4, 0.5) is 5.69 Å². The Morgan fingerprint density at radius 3 is 2.30 bits per heavy atom. The second kappa shape index (κ2) is 10.6. The lowest BCUT2D eigenvalue weighted by Crippen LogP contribution is -2.35. The first kappa shape index (κ1) is 22.3. The van der Waals surface area contributed by atoms with Crippen molar-refractivity contribution in [1.82, 2.24) is 10.3 Å². The van der Waals surface area contributed by atoms with Gasteiger partial charge in [0.1, 0.15) is 0 Å². The van der Waals surface area contributed by atoms with E-state index in [1.807, 2.05) is 18.2 Å². The Morgan fingerprint density at radius 1 is 1.00 bits per heavy atom. The van der Waals surface area contributed by atoms with Gasteiger partial charge in [0.15, 0.2) is 0 Å². The Labute approximate surface area is 178 Å². The predicted molar refractivity (Wildman–Crippen MR) is 119 cm³/mol. The highest BCUT2D eigenvalue weighted by atomic mass is 32.2. The van der Waals surface area contributed by atoms with Crippen molar-refractivity contribution < 1.29 is 13.2 Å². The maximum Gasteiger partial charge on any atom is 0.265 e. The number of para-hydroxylation sites is 1. The van der Waals surface area contributed by atoms with Crippen molar-refractivity contribution in [3.05, 3.63) is 65.7 Å². The molecule has 0 aliphatic carbocycles. The molecule has 0 bridgehead atoms. The number of rotatable bonds is 9. The van der Waals surface area contributed by atoms with Gasteiger partial charge in [0.2, 0.25) is 10.0 Å². The van der Waals surface area contributed by atoms with E-state index >= 15 is 0 Å². The Balaban J connectivity index is 1.72. The number of benzene rings is 2. The van der Waals surface area contributed by atoms with E-state index < -0.39 is 10.0 Å². The highest BCUT2D eigenvalue weighted by molar-refractivity contribution is 7.92. The number of likely N-dealkylation sites (tertiary alicyclic amines) is 1. The molecular weight excluding hydrogens is 400 g/mol. The molecule has 2 aromatic carbocycles. The average molecular weight is 431 g/mol. The van der Waals surface area contributed by atoms with Gasteiger partial charge >= 0.3 is 0 Å². The molecule has 0 spiro atoms. The van der Waals surface area contributed by atoms with Crippen molar-refractivity contribution >= 4 is 21.6 Å². The summed E-state index contributed by atoms with van der Waals surface area (Å²) < 4.78 is 27.9. The quantitative estimate of drug-likeness (QED) is 0.362.